The smallest absolute Gasteiger partial charge is 0.163 e. The molecule has 0 saturated carbocycles. The van der Waals surface area contributed by atoms with Crippen LogP contribution in [0.15, 0.2) is 24.5 Å². The maximum atomic E-state index is 6.53. The number of aromatic nitrogens is 4. The van der Waals surface area contributed by atoms with Crippen LogP contribution < -0.4 is 10.6 Å². The second-order valence-electron chi connectivity index (χ2n) is 5.70. The number of rotatable bonds is 2. The van der Waals surface area contributed by atoms with Crippen LogP contribution in [0.3, 0.4) is 0 Å². The maximum absolute atomic E-state index is 6.53. The van der Waals surface area contributed by atoms with E-state index in [4.69, 9.17) is 22.1 Å². The van der Waals surface area contributed by atoms with E-state index in [0.717, 1.165) is 48.6 Å². The molecule has 0 bridgehead atoms. The quantitative estimate of drug-likeness (QED) is 0.766. The third-order valence-corrected chi connectivity index (χ3v) is 4.53. The van der Waals surface area contributed by atoms with E-state index in [9.17, 15) is 0 Å². The Kier molecular flexibility index (Phi) is 3.74. The molecule has 2 aromatic heterocycles. The van der Waals surface area contributed by atoms with Gasteiger partial charge < -0.3 is 15.4 Å². The first kappa shape index (κ1) is 15.2. The minimum absolute atomic E-state index is 0.413. The summed E-state index contributed by atoms with van der Waals surface area (Å²) in [7, 11) is 1.84. The van der Waals surface area contributed by atoms with Gasteiger partial charge in [-0.25, -0.2) is 14.6 Å². The normalized spacial score (nSPS) is 15.2. The highest BCUT2D eigenvalue weighted by Gasteiger charge is 2.18. The molecule has 0 radical (unpaired) electrons. The van der Waals surface area contributed by atoms with Crippen LogP contribution in [0.25, 0.3) is 22.3 Å². The van der Waals surface area contributed by atoms with E-state index in [1.807, 2.05) is 25.2 Å². The molecule has 24 heavy (non-hydrogen) atoms. The first-order chi connectivity index (χ1) is 11.6. The summed E-state index contributed by atoms with van der Waals surface area (Å²) in [6.45, 7) is 3.12. The molecule has 1 aromatic carbocycles. The van der Waals surface area contributed by atoms with Crippen LogP contribution >= 0.6 is 11.6 Å². The number of morpholine rings is 1. The summed E-state index contributed by atoms with van der Waals surface area (Å²) in [5.74, 6) is 0.413. The van der Waals surface area contributed by atoms with Gasteiger partial charge in [0.05, 0.1) is 29.3 Å². The number of benzene rings is 1. The number of hydrogen-bond donors (Lipinski definition) is 1. The van der Waals surface area contributed by atoms with Gasteiger partial charge in [0.15, 0.2) is 5.65 Å². The Bertz CT molecular complexity index is 903. The van der Waals surface area contributed by atoms with Gasteiger partial charge in [0.2, 0.25) is 0 Å². The molecule has 3 aromatic rings. The number of nitrogen functional groups attached to an aromatic ring is 1. The first-order valence-electron chi connectivity index (χ1n) is 7.71. The number of fused-ring (bicyclic) bond motifs is 1. The molecule has 1 fully saturated rings. The summed E-state index contributed by atoms with van der Waals surface area (Å²) in [4.78, 5) is 10.6. The molecular formula is C16H17ClN6O. The van der Waals surface area contributed by atoms with Crippen LogP contribution in [0.5, 0.6) is 0 Å². The molecule has 0 aliphatic carbocycles. The predicted octanol–water partition coefficient (Wildman–Crippen LogP) is 2.10. The SMILES string of the molecule is Cn1nc(-c2ccc(N3CCOCC3)c(Cl)c2)c2c(N)ncnc21. The minimum atomic E-state index is 0.413. The number of aryl methyl sites for hydroxylation is 1. The lowest BCUT2D eigenvalue weighted by Crippen LogP contribution is -2.36. The minimum Gasteiger partial charge on any atom is -0.383 e. The average molecular weight is 345 g/mol. The zero-order chi connectivity index (χ0) is 16.7. The van der Waals surface area contributed by atoms with Crippen LogP contribution in [0.4, 0.5) is 11.5 Å². The molecule has 1 aliphatic rings. The lowest BCUT2D eigenvalue weighted by atomic mass is 10.1. The first-order valence-corrected chi connectivity index (χ1v) is 8.09. The highest BCUT2D eigenvalue weighted by atomic mass is 35.5. The molecule has 8 heteroatoms. The molecule has 3 heterocycles. The largest absolute Gasteiger partial charge is 0.383 e. The van der Waals surface area contributed by atoms with Crippen molar-refractivity contribution >= 4 is 34.1 Å². The van der Waals surface area contributed by atoms with E-state index in [2.05, 4.69) is 20.0 Å². The summed E-state index contributed by atoms with van der Waals surface area (Å²) in [6, 6.07) is 5.94. The highest BCUT2D eigenvalue weighted by molar-refractivity contribution is 6.33. The Balaban J connectivity index is 1.79. The van der Waals surface area contributed by atoms with Crippen molar-refractivity contribution in [2.45, 2.75) is 0 Å². The van der Waals surface area contributed by atoms with Gasteiger partial charge in [-0.3, -0.25) is 0 Å². The van der Waals surface area contributed by atoms with E-state index in [0.29, 0.717) is 16.5 Å². The van der Waals surface area contributed by atoms with Crippen molar-refractivity contribution < 1.29 is 4.74 Å². The van der Waals surface area contributed by atoms with Crippen LogP contribution in [-0.2, 0) is 11.8 Å². The molecule has 2 N–H and O–H groups in total. The Labute approximate surface area is 144 Å². The molecule has 0 amide bonds. The number of nitrogens with two attached hydrogens (primary N) is 1. The van der Waals surface area contributed by atoms with Crippen LogP contribution in [0.2, 0.25) is 5.02 Å². The third-order valence-electron chi connectivity index (χ3n) is 4.22. The number of anilines is 2. The fraction of sp³-hybridized carbons (Fsp3) is 0.312. The van der Waals surface area contributed by atoms with Gasteiger partial charge in [-0.15, -0.1) is 0 Å². The van der Waals surface area contributed by atoms with Gasteiger partial charge in [0.25, 0.3) is 0 Å². The Morgan fingerprint density at radius 1 is 1.21 bits per heavy atom. The predicted molar refractivity (Wildman–Crippen MR) is 94.2 cm³/mol. The van der Waals surface area contributed by atoms with Crippen molar-refractivity contribution in [1.29, 1.82) is 0 Å². The monoisotopic (exact) mass is 344 g/mol. The second kappa shape index (κ2) is 5.92. The maximum Gasteiger partial charge on any atom is 0.163 e. The third kappa shape index (κ3) is 2.46. The lowest BCUT2D eigenvalue weighted by molar-refractivity contribution is 0.122. The zero-order valence-corrected chi connectivity index (χ0v) is 14.0. The zero-order valence-electron chi connectivity index (χ0n) is 13.2. The summed E-state index contributed by atoms with van der Waals surface area (Å²) < 4.78 is 7.09. The van der Waals surface area contributed by atoms with E-state index >= 15 is 0 Å². The number of hydrogen-bond acceptors (Lipinski definition) is 6. The van der Waals surface area contributed by atoms with Gasteiger partial charge in [-0.1, -0.05) is 17.7 Å². The molecule has 124 valence electrons. The van der Waals surface area contributed by atoms with Crippen LogP contribution in [0.1, 0.15) is 0 Å². The van der Waals surface area contributed by atoms with Gasteiger partial charge in [0, 0.05) is 25.7 Å². The standard InChI is InChI=1S/C16H17ClN6O/c1-22-16-13(15(18)19-9-20-16)14(21-22)10-2-3-12(11(17)8-10)23-4-6-24-7-5-23/h2-3,8-9H,4-7H2,1H3,(H2,18,19,20). The Hall–Kier alpha value is -2.38. The molecule has 4 rings (SSSR count). The Morgan fingerprint density at radius 3 is 2.75 bits per heavy atom. The van der Waals surface area contributed by atoms with Crippen molar-refractivity contribution in [3.8, 4) is 11.3 Å². The summed E-state index contributed by atoms with van der Waals surface area (Å²) in [6.07, 6.45) is 1.44. The van der Waals surface area contributed by atoms with Crippen molar-refractivity contribution in [1.82, 2.24) is 19.7 Å². The van der Waals surface area contributed by atoms with E-state index < -0.39 is 0 Å². The molecule has 0 unspecified atom stereocenters. The molecule has 0 atom stereocenters. The van der Waals surface area contributed by atoms with Crippen molar-refractivity contribution in [2.24, 2.45) is 7.05 Å². The average Bonchev–Trinajstić information content (AvgIpc) is 2.94. The van der Waals surface area contributed by atoms with Gasteiger partial charge in [-0.05, 0) is 12.1 Å². The second-order valence-corrected chi connectivity index (χ2v) is 6.10. The van der Waals surface area contributed by atoms with Gasteiger partial charge in [-0.2, -0.15) is 5.10 Å². The van der Waals surface area contributed by atoms with Crippen LogP contribution in [0, 0.1) is 0 Å². The lowest BCUT2D eigenvalue weighted by Gasteiger charge is -2.29. The van der Waals surface area contributed by atoms with Crippen molar-refractivity contribution in [3.05, 3.63) is 29.5 Å². The van der Waals surface area contributed by atoms with Crippen molar-refractivity contribution in [2.75, 3.05) is 36.9 Å². The molecular weight excluding hydrogens is 328 g/mol. The van der Waals surface area contributed by atoms with E-state index in [1.165, 1.54) is 6.33 Å². The fourth-order valence-electron chi connectivity index (χ4n) is 3.03. The molecule has 0 spiro atoms. The van der Waals surface area contributed by atoms with Crippen molar-refractivity contribution in [3.63, 3.8) is 0 Å². The van der Waals surface area contributed by atoms with E-state index in [1.54, 1.807) is 4.68 Å². The van der Waals surface area contributed by atoms with Gasteiger partial charge in [0.1, 0.15) is 17.8 Å². The van der Waals surface area contributed by atoms with E-state index in [-0.39, 0.29) is 0 Å². The van der Waals surface area contributed by atoms with Gasteiger partial charge >= 0.3 is 0 Å². The highest BCUT2D eigenvalue weighted by Crippen LogP contribution is 2.35. The summed E-state index contributed by atoms with van der Waals surface area (Å²) in [5.41, 5.74) is 9.37. The fourth-order valence-corrected chi connectivity index (χ4v) is 3.33. The molecule has 1 aliphatic heterocycles. The number of ether oxygens (including phenoxy) is 1. The topological polar surface area (TPSA) is 82.1 Å². The number of halogens is 1. The Morgan fingerprint density at radius 2 is 2.00 bits per heavy atom. The molecule has 1 saturated heterocycles. The number of nitrogens with zero attached hydrogens (tertiary/aromatic N) is 5. The summed E-state index contributed by atoms with van der Waals surface area (Å²) >= 11 is 6.53. The summed E-state index contributed by atoms with van der Waals surface area (Å²) in [5, 5.41) is 5.98. The van der Waals surface area contributed by atoms with Crippen LogP contribution in [-0.4, -0.2) is 46.1 Å². The molecule has 7 nitrogen and oxygen atoms in total.